The molecule has 0 radical (unpaired) electrons. The zero-order valence-electron chi connectivity index (χ0n) is 15.9. The number of amides is 1. The smallest absolute Gasteiger partial charge is 0.254 e. The highest BCUT2D eigenvalue weighted by Crippen LogP contribution is 2.26. The third-order valence-electron chi connectivity index (χ3n) is 5.21. The first kappa shape index (κ1) is 17.5. The van der Waals surface area contributed by atoms with E-state index in [1.807, 2.05) is 45.0 Å². The summed E-state index contributed by atoms with van der Waals surface area (Å²) in [5, 5.41) is 7.45. The Labute approximate surface area is 158 Å². The van der Waals surface area contributed by atoms with Crippen LogP contribution in [0.3, 0.4) is 0 Å². The third-order valence-corrected chi connectivity index (χ3v) is 5.21. The van der Waals surface area contributed by atoms with Crippen LogP contribution in [-0.2, 0) is 4.79 Å². The Morgan fingerprint density at radius 3 is 2.78 bits per heavy atom. The van der Waals surface area contributed by atoms with E-state index in [2.05, 4.69) is 25.3 Å². The van der Waals surface area contributed by atoms with Crippen LogP contribution in [0.5, 0.6) is 0 Å². The van der Waals surface area contributed by atoms with Gasteiger partial charge in [-0.1, -0.05) is 18.2 Å². The number of benzene rings is 1. The van der Waals surface area contributed by atoms with Crippen LogP contribution in [-0.4, -0.2) is 38.6 Å². The van der Waals surface area contributed by atoms with Crippen LogP contribution in [0, 0.1) is 26.7 Å². The van der Waals surface area contributed by atoms with Crippen LogP contribution in [0.2, 0.25) is 0 Å². The molecule has 1 unspecified atom stereocenters. The summed E-state index contributed by atoms with van der Waals surface area (Å²) in [5.41, 5.74) is 4.00. The number of nitrogens with zero attached hydrogens (tertiary/aromatic N) is 5. The average Bonchev–Trinajstić information content (AvgIpc) is 3.12. The predicted molar refractivity (Wildman–Crippen MR) is 105 cm³/mol. The quantitative estimate of drug-likeness (QED) is 0.773. The molecular weight excluding hydrogens is 340 g/mol. The summed E-state index contributed by atoms with van der Waals surface area (Å²) in [6.07, 6.45) is 3.36. The van der Waals surface area contributed by atoms with Gasteiger partial charge in [0.25, 0.3) is 5.78 Å². The molecule has 7 nitrogen and oxygen atoms in total. The summed E-state index contributed by atoms with van der Waals surface area (Å²) in [7, 11) is 0. The number of carbonyl (C=O) groups is 1. The first-order chi connectivity index (χ1) is 13.0. The van der Waals surface area contributed by atoms with Crippen LogP contribution in [0.15, 0.2) is 30.6 Å². The Balaban J connectivity index is 1.56. The molecule has 2 aromatic heterocycles. The molecule has 27 heavy (non-hydrogen) atoms. The number of nitrogens with one attached hydrogen (secondary N) is 1. The van der Waals surface area contributed by atoms with E-state index >= 15 is 0 Å². The Kier molecular flexibility index (Phi) is 4.51. The molecule has 7 heteroatoms. The van der Waals surface area contributed by atoms with Crippen LogP contribution < -0.4 is 10.2 Å². The first-order valence-electron chi connectivity index (χ1n) is 9.32. The second-order valence-corrected chi connectivity index (χ2v) is 7.27. The Bertz CT molecular complexity index is 975. The number of carbonyl (C=O) groups excluding carboxylic acids is 1. The summed E-state index contributed by atoms with van der Waals surface area (Å²) >= 11 is 0. The summed E-state index contributed by atoms with van der Waals surface area (Å²) in [5.74, 6) is 1.55. The lowest BCUT2D eigenvalue weighted by molar-refractivity contribution is -0.120. The second kappa shape index (κ2) is 6.98. The fourth-order valence-corrected chi connectivity index (χ4v) is 3.77. The van der Waals surface area contributed by atoms with Crippen molar-refractivity contribution in [1.82, 2.24) is 19.6 Å². The van der Waals surface area contributed by atoms with Gasteiger partial charge in [-0.25, -0.2) is 4.98 Å². The molecule has 1 amide bonds. The van der Waals surface area contributed by atoms with E-state index in [9.17, 15) is 4.79 Å². The van der Waals surface area contributed by atoms with E-state index in [1.165, 1.54) is 6.33 Å². The maximum atomic E-state index is 12.9. The van der Waals surface area contributed by atoms with Gasteiger partial charge < -0.3 is 10.2 Å². The Morgan fingerprint density at radius 1 is 1.22 bits per heavy atom. The van der Waals surface area contributed by atoms with Crippen LogP contribution >= 0.6 is 0 Å². The van der Waals surface area contributed by atoms with E-state index in [-0.39, 0.29) is 11.8 Å². The number of para-hydroxylation sites is 1. The second-order valence-electron chi connectivity index (χ2n) is 7.27. The number of fused-ring (bicyclic) bond motifs is 1. The normalized spacial score (nSPS) is 17.3. The molecule has 140 valence electrons. The van der Waals surface area contributed by atoms with Gasteiger partial charge in [-0.05, 0) is 44.7 Å². The van der Waals surface area contributed by atoms with Crippen molar-refractivity contribution in [1.29, 1.82) is 0 Å². The van der Waals surface area contributed by atoms with E-state index in [0.717, 1.165) is 47.7 Å². The molecule has 1 aliphatic rings. The maximum Gasteiger partial charge on any atom is 0.254 e. The van der Waals surface area contributed by atoms with Gasteiger partial charge >= 0.3 is 0 Å². The van der Waals surface area contributed by atoms with Crippen molar-refractivity contribution in [3.05, 3.63) is 47.4 Å². The third kappa shape index (κ3) is 3.37. The standard InChI is InChI=1S/C20H24N6O/c1-13-6-4-7-14(2)18(13)24-19(27)16-8-5-9-25(11-16)17-10-15(3)23-20-21-12-22-26(17)20/h4,6-7,10,12,16H,5,8-9,11H2,1-3H3,(H,24,27). The number of hydrogen-bond donors (Lipinski definition) is 1. The van der Waals surface area contributed by atoms with Gasteiger partial charge in [0, 0.05) is 30.5 Å². The van der Waals surface area contributed by atoms with Gasteiger partial charge in [0.1, 0.15) is 12.1 Å². The van der Waals surface area contributed by atoms with Crippen molar-refractivity contribution in [3.63, 3.8) is 0 Å². The molecule has 0 spiro atoms. The van der Waals surface area contributed by atoms with Gasteiger partial charge in [-0.3, -0.25) is 4.79 Å². The van der Waals surface area contributed by atoms with Crippen molar-refractivity contribution in [2.45, 2.75) is 33.6 Å². The van der Waals surface area contributed by atoms with Crippen molar-refractivity contribution < 1.29 is 4.79 Å². The largest absolute Gasteiger partial charge is 0.356 e. The van der Waals surface area contributed by atoms with Gasteiger partial charge in [0.05, 0.1) is 5.92 Å². The molecule has 0 saturated carbocycles. The van der Waals surface area contributed by atoms with Gasteiger partial charge in [-0.15, -0.1) is 0 Å². The molecule has 1 aromatic carbocycles. The lowest BCUT2D eigenvalue weighted by Gasteiger charge is -2.33. The van der Waals surface area contributed by atoms with Crippen LogP contribution in [0.25, 0.3) is 5.78 Å². The van der Waals surface area contributed by atoms with Crippen molar-refractivity contribution in [2.24, 2.45) is 5.92 Å². The minimum atomic E-state index is -0.0650. The zero-order chi connectivity index (χ0) is 19.0. The highest BCUT2D eigenvalue weighted by molar-refractivity contribution is 5.94. The molecule has 1 N–H and O–H groups in total. The minimum Gasteiger partial charge on any atom is -0.356 e. The fraction of sp³-hybridized carbons (Fsp3) is 0.400. The molecule has 3 heterocycles. The van der Waals surface area contributed by atoms with Crippen molar-refractivity contribution in [2.75, 3.05) is 23.3 Å². The Morgan fingerprint density at radius 2 is 2.00 bits per heavy atom. The zero-order valence-corrected chi connectivity index (χ0v) is 15.9. The first-order valence-corrected chi connectivity index (χ1v) is 9.32. The maximum absolute atomic E-state index is 12.9. The van der Waals surface area contributed by atoms with Crippen LogP contribution in [0.1, 0.15) is 29.7 Å². The molecule has 1 atom stereocenters. The summed E-state index contributed by atoms with van der Waals surface area (Å²) in [6.45, 7) is 7.56. The molecule has 3 aromatic rings. The number of aryl methyl sites for hydroxylation is 3. The molecular formula is C20H24N6O. The number of aromatic nitrogens is 4. The summed E-state index contributed by atoms with van der Waals surface area (Å²) in [4.78, 5) is 23.8. The molecule has 0 aliphatic carbocycles. The van der Waals surface area contributed by atoms with E-state index < -0.39 is 0 Å². The molecule has 0 bridgehead atoms. The van der Waals surface area contributed by atoms with Gasteiger partial charge in [0.2, 0.25) is 5.91 Å². The minimum absolute atomic E-state index is 0.0650. The van der Waals surface area contributed by atoms with Crippen molar-refractivity contribution in [3.8, 4) is 0 Å². The fourth-order valence-electron chi connectivity index (χ4n) is 3.77. The molecule has 1 saturated heterocycles. The highest BCUT2D eigenvalue weighted by atomic mass is 16.1. The lowest BCUT2D eigenvalue weighted by atomic mass is 9.96. The SMILES string of the molecule is Cc1cc(N2CCCC(C(=O)Nc3c(C)cccc3C)C2)n2ncnc2n1. The number of piperidine rings is 1. The predicted octanol–water partition coefficient (Wildman–Crippen LogP) is 2.90. The summed E-state index contributed by atoms with van der Waals surface area (Å²) < 4.78 is 1.75. The molecule has 1 aliphatic heterocycles. The molecule has 1 fully saturated rings. The number of hydrogen-bond acceptors (Lipinski definition) is 5. The number of anilines is 2. The topological polar surface area (TPSA) is 75.4 Å². The van der Waals surface area contributed by atoms with Crippen LogP contribution in [0.4, 0.5) is 11.5 Å². The van der Waals surface area contributed by atoms with Gasteiger partial charge in [-0.2, -0.15) is 14.6 Å². The van der Waals surface area contributed by atoms with E-state index in [1.54, 1.807) is 4.52 Å². The average molecular weight is 364 g/mol. The van der Waals surface area contributed by atoms with Gasteiger partial charge in [0.15, 0.2) is 0 Å². The molecule has 4 rings (SSSR count). The summed E-state index contributed by atoms with van der Waals surface area (Å²) in [6, 6.07) is 8.07. The Hall–Kier alpha value is -2.96. The monoisotopic (exact) mass is 364 g/mol. The van der Waals surface area contributed by atoms with E-state index in [4.69, 9.17) is 0 Å². The lowest BCUT2D eigenvalue weighted by Crippen LogP contribution is -2.41. The van der Waals surface area contributed by atoms with E-state index in [0.29, 0.717) is 12.3 Å². The number of rotatable bonds is 3. The highest BCUT2D eigenvalue weighted by Gasteiger charge is 2.28. The van der Waals surface area contributed by atoms with Crippen molar-refractivity contribution >= 4 is 23.2 Å².